The second-order valence-corrected chi connectivity index (χ2v) is 5.81. The Hall–Kier alpha value is -1.58. The van der Waals surface area contributed by atoms with Crippen molar-refractivity contribution in [3.8, 4) is 0 Å². The highest BCUT2D eigenvalue weighted by Crippen LogP contribution is 2.32. The summed E-state index contributed by atoms with van der Waals surface area (Å²) in [6.07, 6.45) is 4.97. The van der Waals surface area contributed by atoms with Gasteiger partial charge in [0.05, 0.1) is 12.8 Å². The number of rotatable bonds is 4. The maximum absolute atomic E-state index is 6.15. The van der Waals surface area contributed by atoms with Crippen LogP contribution in [0.1, 0.15) is 23.3 Å². The van der Waals surface area contributed by atoms with Gasteiger partial charge in [-0.25, -0.2) is 0 Å². The van der Waals surface area contributed by atoms with Crippen LogP contribution in [0.4, 0.5) is 0 Å². The molecule has 1 atom stereocenters. The van der Waals surface area contributed by atoms with Crippen LogP contribution in [0, 0.1) is 0 Å². The minimum atomic E-state index is 0.0428. The summed E-state index contributed by atoms with van der Waals surface area (Å²) in [5, 5.41) is 0. The lowest BCUT2D eigenvalue weighted by Crippen LogP contribution is -2.55. The number of nitrogens with two attached hydrogens (primary N) is 1. The molecule has 3 nitrogen and oxygen atoms in total. The van der Waals surface area contributed by atoms with E-state index in [0.29, 0.717) is 6.54 Å². The van der Waals surface area contributed by atoms with E-state index in [0.717, 1.165) is 31.6 Å². The first-order chi connectivity index (χ1) is 9.73. The van der Waals surface area contributed by atoms with E-state index in [4.69, 9.17) is 10.2 Å². The number of hydrogen-bond donors (Lipinski definition) is 1. The van der Waals surface area contributed by atoms with Crippen molar-refractivity contribution in [3.63, 3.8) is 0 Å². The Morgan fingerprint density at radius 2 is 2.00 bits per heavy atom. The van der Waals surface area contributed by atoms with Crippen molar-refractivity contribution < 1.29 is 4.42 Å². The number of likely N-dealkylation sites (N-methyl/N-ethyl adjacent to an activating group) is 1. The third-order valence-electron chi connectivity index (χ3n) is 4.66. The van der Waals surface area contributed by atoms with E-state index in [9.17, 15) is 0 Å². The Kier molecular flexibility index (Phi) is 3.64. The molecule has 0 spiro atoms. The van der Waals surface area contributed by atoms with Crippen LogP contribution in [-0.4, -0.2) is 24.0 Å². The molecule has 106 valence electrons. The molecule has 0 radical (unpaired) electrons. The molecule has 1 aromatic heterocycles. The Balaban J connectivity index is 1.82. The maximum atomic E-state index is 6.15. The second kappa shape index (κ2) is 5.43. The van der Waals surface area contributed by atoms with Gasteiger partial charge in [-0.2, -0.15) is 0 Å². The number of furan rings is 1. The predicted octanol–water partition coefficient (Wildman–Crippen LogP) is 2.60. The van der Waals surface area contributed by atoms with Gasteiger partial charge in [0.15, 0.2) is 0 Å². The Morgan fingerprint density at radius 3 is 2.70 bits per heavy atom. The predicted molar refractivity (Wildman–Crippen MR) is 80.4 cm³/mol. The molecule has 1 aliphatic rings. The van der Waals surface area contributed by atoms with Crippen molar-refractivity contribution in [1.82, 2.24) is 4.90 Å². The smallest absolute Gasteiger partial charge is 0.117 e. The molecular weight excluding hydrogens is 248 g/mol. The van der Waals surface area contributed by atoms with Crippen molar-refractivity contribution >= 4 is 0 Å². The van der Waals surface area contributed by atoms with Crippen molar-refractivity contribution in [2.45, 2.75) is 31.3 Å². The van der Waals surface area contributed by atoms with Crippen molar-refractivity contribution in [2.75, 3.05) is 13.6 Å². The molecule has 0 saturated heterocycles. The lowest BCUT2D eigenvalue weighted by molar-refractivity contribution is 0.0935. The quantitative estimate of drug-likeness (QED) is 0.928. The molecule has 20 heavy (non-hydrogen) atoms. The van der Waals surface area contributed by atoms with E-state index >= 15 is 0 Å². The standard InChI is InChI=1S/C17H22N2O/c1-19(12-16-7-4-10-20-16)17(13-18)9-8-14-5-2-3-6-15(14)11-17/h2-7,10H,8-9,11-13,18H2,1H3. The van der Waals surface area contributed by atoms with Gasteiger partial charge in [-0.15, -0.1) is 0 Å². The number of hydrogen-bond acceptors (Lipinski definition) is 3. The maximum Gasteiger partial charge on any atom is 0.117 e. The molecule has 1 aliphatic carbocycles. The van der Waals surface area contributed by atoms with Crippen LogP contribution in [0.15, 0.2) is 47.1 Å². The fraction of sp³-hybridized carbons (Fsp3) is 0.412. The van der Waals surface area contributed by atoms with Crippen molar-refractivity contribution in [1.29, 1.82) is 0 Å². The normalized spacial score (nSPS) is 21.9. The van der Waals surface area contributed by atoms with Gasteiger partial charge in [-0.1, -0.05) is 24.3 Å². The molecule has 0 amide bonds. The zero-order chi connectivity index (χ0) is 14.0. The summed E-state index contributed by atoms with van der Waals surface area (Å²) in [4.78, 5) is 2.36. The van der Waals surface area contributed by atoms with Crippen LogP contribution in [-0.2, 0) is 19.4 Å². The van der Waals surface area contributed by atoms with E-state index in [1.165, 1.54) is 11.1 Å². The molecule has 0 aliphatic heterocycles. The highest BCUT2D eigenvalue weighted by molar-refractivity contribution is 5.32. The minimum Gasteiger partial charge on any atom is -0.468 e. The Labute approximate surface area is 120 Å². The molecule has 1 aromatic carbocycles. The largest absolute Gasteiger partial charge is 0.468 e. The molecule has 2 aromatic rings. The van der Waals surface area contributed by atoms with E-state index < -0.39 is 0 Å². The highest BCUT2D eigenvalue weighted by Gasteiger charge is 2.36. The van der Waals surface area contributed by atoms with Crippen molar-refractivity contribution in [2.24, 2.45) is 5.73 Å². The molecule has 0 fully saturated rings. The first-order valence-corrected chi connectivity index (χ1v) is 7.24. The third-order valence-corrected chi connectivity index (χ3v) is 4.66. The van der Waals surface area contributed by atoms with E-state index in [1.807, 2.05) is 12.1 Å². The van der Waals surface area contributed by atoms with E-state index in [1.54, 1.807) is 6.26 Å². The first-order valence-electron chi connectivity index (χ1n) is 7.24. The van der Waals surface area contributed by atoms with Gasteiger partial charge in [0, 0.05) is 12.1 Å². The highest BCUT2D eigenvalue weighted by atomic mass is 16.3. The van der Waals surface area contributed by atoms with Gasteiger partial charge in [-0.3, -0.25) is 4.90 Å². The van der Waals surface area contributed by atoms with E-state index in [-0.39, 0.29) is 5.54 Å². The number of aryl methyl sites for hydroxylation is 1. The fourth-order valence-corrected chi connectivity index (χ4v) is 3.24. The Morgan fingerprint density at radius 1 is 1.20 bits per heavy atom. The topological polar surface area (TPSA) is 42.4 Å². The third kappa shape index (κ3) is 2.39. The van der Waals surface area contributed by atoms with Crippen LogP contribution >= 0.6 is 0 Å². The summed E-state index contributed by atoms with van der Waals surface area (Å²) in [6, 6.07) is 12.7. The van der Waals surface area contributed by atoms with Gasteiger partial charge >= 0.3 is 0 Å². The SMILES string of the molecule is CN(Cc1ccco1)C1(CN)CCc2ccccc2C1. The number of benzene rings is 1. The van der Waals surface area contributed by atoms with Crippen LogP contribution in [0.3, 0.4) is 0 Å². The van der Waals surface area contributed by atoms with Crippen LogP contribution < -0.4 is 5.73 Å². The second-order valence-electron chi connectivity index (χ2n) is 5.81. The fourth-order valence-electron chi connectivity index (χ4n) is 3.24. The first kappa shape index (κ1) is 13.4. The number of fused-ring (bicyclic) bond motifs is 1. The van der Waals surface area contributed by atoms with Crippen LogP contribution in [0.25, 0.3) is 0 Å². The molecule has 1 heterocycles. The molecule has 0 saturated carbocycles. The monoisotopic (exact) mass is 270 g/mol. The lowest BCUT2D eigenvalue weighted by Gasteiger charge is -2.44. The van der Waals surface area contributed by atoms with Crippen LogP contribution in [0.5, 0.6) is 0 Å². The average Bonchev–Trinajstić information content (AvgIpc) is 2.99. The van der Waals surface area contributed by atoms with Gasteiger partial charge in [0.2, 0.25) is 0 Å². The van der Waals surface area contributed by atoms with Crippen LogP contribution in [0.2, 0.25) is 0 Å². The minimum absolute atomic E-state index is 0.0428. The Bertz CT molecular complexity index is 564. The summed E-state index contributed by atoms with van der Waals surface area (Å²) < 4.78 is 5.47. The summed E-state index contributed by atoms with van der Waals surface area (Å²) in [5.74, 6) is 0.999. The molecule has 3 rings (SSSR count). The lowest BCUT2D eigenvalue weighted by atomic mass is 9.77. The van der Waals surface area contributed by atoms with Gasteiger partial charge in [-0.05, 0) is 49.6 Å². The summed E-state index contributed by atoms with van der Waals surface area (Å²) >= 11 is 0. The molecule has 0 bridgehead atoms. The average molecular weight is 270 g/mol. The molecule has 1 unspecified atom stereocenters. The summed E-state index contributed by atoms with van der Waals surface area (Å²) in [7, 11) is 2.16. The molecule has 2 N–H and O–H groups in total. The van der Waals surface area contributed by atoms with Gasteiger partial charge < -0.3 is 10.2 Å². The zero-order valence-electron chi connectivity index (χ0n) is 12.0. The number of nitrogens with zero attached hydrogens (tertiary/aromatic N) is 1. The molecular formula is C17H22N2O. The zero-order valence-corrected chi connectivity index (χ0v) is 12.0. The van der Waals surface area contributed by atoms with E-state index in [2.05, 4.69) is 36.2 Å². The summed E-state index contributed by atoms with van der Waals surface area (Å²) in [6.45, 7) is 1.49. The van der Waals surface area contributed by atoms with Crippen molar-refractivity contribution in [3.05, 3.63) is 59.5 Å². The van der Waals surface area contributed by atoms with Gasteiger partial charge in [0.25, 0.3) is 0 Å². The summed E-state index contributed by atoms with van der Waals surface area (Å²) in [5.41, 5.74) is 9.11. The van der Waals surface area contributed by atoms with Gasteiger partial charge in [0.1, 0.15) is 5.76 Å². The molecule has 3 heteroatoms.